The Bertz CT molecular complexity index is 427. The monoisotopic (exact) mass is 282 g/mol. The number of furan rings is 1. The van der Waals surface area contributed by atoms with Gasteiger partial charge in [0.2, 0.25) is 0 Å². The molecule has 1 aromatic rings. The Labute approximate surface area is 118 Å². The summed E-state index contributed by atoms with van der Waals surface area (Å²) < 4.78 is 10.5. The van der Waals surface area contributed by atoms with Crippen LogP contribution in [0.4, 0.5) is 0 Å². The molecule has 1 fully saturated rings. The fourth-order valence-corrected chi connectivity index (χ4v) is 2.30. The number of amides is 1. The highest BCUT2D eigenvalue weighted by Gasteiger charge is 2.20. The lowest BCUT2D eigenvalue weighted by Gasteiger charge is -2.29. The summed E-state index contributed by atoms with van der Waals surface area (Å²) in [6.45, 7) is 6.75. The summed E-state index contributed by atoms with van der Waals surface area (Å²) >= 11 is 0. The molecule has 0 atom stereocenters. The summed E-state index contributed by atoms with van der Waals surface area (Å²) in [7, 11) is 0. The van der Waals surface area contributed by atoms with Crippen LogP contribution in [0.3, 0.4) is 0 Å². The van der Waals surface area contributed by atoms with Crippen LogP contribution < -0.4 is 0 Å². The first-order valence-corrected chi connectivity index (χ1v) is 6.96. The molecule has 0 spiro atoms. The highest BCUT2D eigenvalue weighted by molar-refractivity contribution is 5.95. The van der Waals surface area contributed by atoms with Crippen LogP contribution in [0.2, 0.25) is 0 Å². The van der Waals surface area contributed by atoms with E-state index in [9.17, 15) is 4.79 Å². The number of nitrogens with zero attached hydrogens (tertiary/aromatic N) is 2. The van der Waals surface area contributed by atoms with E-state index in [4.69, 9.17) is 14.3 Å². The van der Waals surface area contributed by atoms with Crippen LogP contribution in [0, 0.1) is 6.92 Å². The van der Waals surface area contributed by atoms with E-state index in [-0.39, 0.29) is 12.5 Å². The number of ether oxygens (including phenoxy) is 1. The zero-order chi connectivity index (χ0) is 14.4. The lowest BCUT2D eigenvalue weighted by Crippen LogP contribution is -2.44. The average Bonchev–Trinajstić information content (AvgIpc) is 2.90. The molecule has 0 saturated carbocycles. The fraction of sp³-hybridized carbons (Fsp3) is 0.643. The molecule has 1 aliphatic rings. The molecule has 0 aromatic carbocycles. The van der Waals surface area contributed by atoms with E-state index in [0.717, 1.165) is 32.8 Å². The summed E-state index contributed by atoms with van der Waals surface area (Å²) in [6, 6.07) is 1.68. The van der Waals surface area contributed by atoms with Gasteiger partial charge in [-0.3, -0.25) is 9.69 Å². The van der Waals surface area contributed by atoms with Gasteiger partial charge < -0.3 is 19.2 Å². The normalized spacial score (nSPS) is 16.3. The first-order chi connectivity index (χ1) is 9.72. The van der Waals surface area contributed by atoms with Gasteiger partial charge in [-0.15, -0.1) is 0 Å². The summed E-state index contributed by atoms with van der Waals surface area (Å²) in [6.07, 6.45) is 1.52. The third kappa shape index (κ3) is 3.82. The molecule has 1 N–H and O–H groups in total. The van der Waals surface area contributed by atoms with E-state index in [2.05, 4.69) is 4.90 Å². The van der Waals surface area contributed by atoms with Crippen LogP contribution in [-0.4, -0.2) is 73.4 Å². The van der Waals surface area contributed by atoms with Crippen molar-refractivity contribution < 1.29 is 19.1 Å². The van der Waals surface area contributed by atoms with Crippen LogP contribution >= 0.6 is 0 Å². The highest BCUT2D eigenvalue weighted by atomic mass is 16.5. The van der Waals surface area contributed by atoms with Crippen molar-refractivity contribution in [1.29, 1.82) is 0 Å². The Morgan fingerprint density at radius 3 is 2.75 bits per heavy atom. The minimum Gasteiger partial charge on any atom is -0.469 e. The van der Waals surface area contributed by atoms with Gasteiger partial charge in [0, 0.05) is 32.7 Å². The molecular formula is C14H22N2O4. The topological polar surface area (TPSA) is 66.2 Å². The van der Waals surface area contributed by atoms with E-state index in [1.807, 2.05) is 0 Å². The quantitative estimate of drug-likeness (QED) is 0.816. The van der Waals surface area contributed by atoms with E-state index in [1.165, 1.54) is 6.26 Å². The first-order valence-electron chi connectivity index (χ1n) is 6.96. The van der Waals surface area contributed by atoms with E-state index >= 15 is 0 Å². The molecule has 1 aromatic heterocycles. The van der Waals surface area contributed by atoms with Crippen molar-refractivity contribution >= 4 is 5.91 Å². The maximum absolute atomic E-state index is 12.4. The van der Waals surface area contributed by atoms with Gasteiger partial charge in [0.25, 0.3) is 5.91 Å². The molecule has 2 heterocycles. The molecule has 20 heavy (non-hydrogen) atoms. The van der Waals surface area contributed by atoms with Crippen LogP contribution in [0.1, 0.15) is 16.1 Å². The van der Waals surface area contributed by atoms with Gasteiger partial charge in [-0.1, -0.05) is 0 Å². The summed E-state index contributed by atoms with van der Waals surface area (Å²) in [5, 5.41) is 9.14. The minimum absolute atomic E-state index is 0.0360. The van der Waals surface area contributed by atoms with Crippen molar-refractivity contribution in [3.63, 3.8) is 0 Å². The van der Waals surface area contributed by atoms with Gasteiger partial charge in [-0.2, -0.15) is 0 Å². The largest absolute Gasteiger partial charge is 0.469 e. The number of aliphatic hydroxyl groups is 1. The molecule has 1 amide bonds. The number of hydrogen-bond acceptors (Lipinski definition) is 5. The Balaban J connectivity index is 1.92. The van der Waals surface area contributed by atoms with Gasteiger partial charge in [-0.05, 0) is 13.0 Å². The number of morpholine rings is 1. The summed E-state index contributed by atoms with van der Waals surface area (Å²) in [5.74, 6) is 0.530. The van der Waals surface area contributed by atoms with Gasteiger partial charge in [0.15, 0.2) is 0 Å². The van der Waals surface area contributed by atoms with E-state index in [0.29, 0.717) is 24.4 Å². The third-order valence-electron chi connectivity index (χ3n) is 3.54. The van der Waals surface area contributed by atoms with Crippen molar-refractivity contribution in [2.24, 2.45) is 0 Å². The molecule has 0 bridgehead atoms. The Morgan fingerprint density at radius 1 is 1.40 bits per heavy atom. The lowest BCUT2D eigenvalue weighted by atomic mass is 10.2. The number of aryl methyl sites for hydroxylation is 1. The van der Waals surface area contributed by atoms with Crippen LogP contribution in [0.25, 0.3) is 0 Å². The molecule has 0 unspecified atom stereocenters. The molecular weight excluding hydrogens is 260 g/mol. The van der Waals surface area contributed by atoms with E-state index in [1.54, 1.807) is 17.9 Å². The molecule has 0 aliphatic carbocycles. The molecule has 2 rings (SSSR count). The molecule has 6 heteroatoms. The second kappa shape index (κ2) is 7.42. The summed E-state index contributed by atoms with van der Waals surface area (Å²) in [4.78, 5) is 16.3. The summed E-state index contributed by atoms with van der Waals surface area (Å²) in [5.41, 5.74) is 0.570. The zero-order valence-electron chi connectivity index (χ0n) is 11.9. The van der Waals surface area contributed by atoms with Crippen molar-refractivity contribution in [3.8, 4) is 0 Å². The maximum Gasteiger partial charge on any atom is 0.257 e. The molecule has 1 saturated heterocycles. The number of carbonyl (C=O) groups excluding carboxylic acids is 1. The van der Waals surface area contributed by atoms with Crippen molar-refractivity contribution in [1.82, 2.24) is 9.80 Å². The van der Waals surface area contributed by atoms with Crippen molar-refractivity contribution in [2.75, 3.05) is 52.5 Å². The second-order valence-electron chi connectivity index (χ2n) is 4.86. The number of carbonyl (C=O) groups is 1. The SMILES string of the molecule is Cc1occc1C(=O)N(CCO)CCN1CCOCC1. The molecule has 1 aliphatic heterocycles. The fourth-order valence-electron chi connectivity index (χ4n) is 2.30. The lowest BCUT2D eigenvalue weighted by molar-refractivity contribution is 0.0315. The third-order valence-corrected chi connectivity index (χ3v) is 3.54. The van der Waals surface area contributed by atoms with Gasteiger partial charge in [0.1, 0.15) is 5.76 Å². The van der Waals surface area contributed by atoms with Gasteiger partial charge in [-0.25, -0.2) is 0 Å². The predicted molar refractivity (Wildman–Crippen MR) is 73.7 cm³/mol. The smallest absolute Gasteiger partial charge is 0.257 e. The first kappa shape index (κ1) is 15.0. The number of aliphatic hydroxyl groups excluding tert-OH is 1. The standard InChI is InChI=1S/C14H22N2O4/c1-12-13(2-9-20-12)14(18)16(5-8-17)4-3-15-6-10-19-11-7-15/h2,9,17H,3-8,10-11H2,1H3. The predicted octanol–water partition coefficient (Wildman–Crippen LogP) is 0.355. The zero-order valence-corrected chi connectivity index (χ0v) is 11.9. The van der Waals surface area contributed by atoms with Crippen molar-refractivity contribution in [3.05, 3.63) is 23.7 Å². The number of rotatable bonds is 6. The molecule has 112 valence electrons. The van der Waals surface area contributed by atoms with Crippen LogP contribution in [0.5, 0.6) is 0 Å². The Morgan fingerprint density at radius 2 is 2.15 bits per heavy atom. The Kier molecular flexibility index (Phi) is 5.58. The highest BCUT2D eigenvalue weighted by Crippen LogP contribution is 2.12. The molecule has 0 radical (unpaired) electrons. The van der Waals surface area contributed by atoms with Crippen molar-refractivity contribution in [2.45, 2.75) is 6.92 Å². The van der Waals surface area contributed by atoms with Crippen LogP contribution in [0.15, 0.2) is 16.7 Å². The second-order valence-corrected chi connectivity index (χ2v) is 4.86. The average molecular weight is 282 g/mol. The van der Waals surface area contributed by atoms with E-state index < -0.39 is 0 Å². The Hall–Kier alpha value is -1.37. The minimum atomic E-state index is -0.0847. The number of hydrogen-bond donors (Lipinski definition) is 1. The van der Waals surface area contributed by atoms with Gasteiger partial charge >= 0.3 is 0 Å². The maximum atomic E-state index is 12.4. The van der Waals surface area contributed by atoms with Gasteiger partial charge in [0.05, 0.1) is 31.6 Å². The van der Waals surface area contributed by atoms with Crippen LogP contribution in [-0.2, 0) is 4.74 Å². The molecule has 6 nitrogen and oxygen atoms in total.